The summed E-state index contributed by atoms with van der Waals surface area (Å²) in [6.07, 6.45) is 1.92. The molecule has 1 aliphatic heterocycles. The van der Waals surface area contributed by atoms with Gasteiger partial charge < -0.3 is 16.0 Å². The number of amides is 1. The van der Waals surface area contributed by atoms with Crippen LogP contribution in [0.3, 0.4) is 0 Å². The van der Waals surface area contributed by atoms with E-state index in [9.17, 15) is 13.2 Å². The van der Waals surface area contributed by atoms with E-state index in [4.69, 9.17) is 5.73 Å². The summed E-state index contributed by atoms with van der Waals surface area (Å²) in [6, 6.07) is 4.86. The van der Waals surface area contributed by atoms with Crippen LogP contribution in [-0.2, 0) is 14.6 Å². The number of nitrogen functional groups attached to an aromatic ring is 1. The summed E-state index contributed by atoms with van der Waals surface area (Å²) in [5.41, 5.74) is 6.75. The number of hydrogen-bond acceptors (Lipinski definition) is 5. The molecule has 1 aromatic rings. The molecule has 1 aromatic carbocycles. The van der Waals surface area contributed by atoms with Crippen molar-refractivity contribution in [3.63, 3.8) is 0 Å². The third-order valence-corrected chi connectivity index (χ3v) is 4.20. The van der Waals surface area contributed by atoms with Gasteiger partial charge in [-0.3, -0.25) is 4.79 Å². The average molecular weight is 283 g/mol. The molecule has 2 rings (SSSR count). The van der Waals surface area contributed by atoms with Crippen molar-refractivity contribution >= 4 is 27.1 Å². The highest BCUT2D eigenvalue weighted by molar-refractivity contribution is 7.90. The molecule has 0 radical (unpaired) electrons. The van der Waals surface area contributed by atoms with Gasteiger partial charge in [0.15, 0.2) is 9.84 Å². The Hall–Kier alpha value is -1.76. The van der Waals surface area contributed by atoms with Crippen LogP contribution in [0.5, 0.6) is 0 Å². The van der Waals surface area contributed by atoms with Gasteiger partial charge >= 0.3 is 0 Å². The van der Waals surface area contributed by atoms with Gasteiger partial charge in [-0.25, -0.2) is 8.42 Å². The highest BCUT2D eigenvalue weighted by Gasteiger charge is 2.20. The molecule has 0 saturated carbocycles. The van der Waals surface area contributed by atoms with Gasteiger partial charge in [-0.05, 0) is 18.6 Å². The first-order valence-corrected chi connectivity index (χ1v) is 7.89. The number of nitrogens with two attached hydrogens (primary N) is 1. The van der Waals surface area contributed by atoms with Crippen LogP contribution in [0.25, 0.3) is 0 Å². The number of hydrogen-bond donors (Lipinski definition) is 2. The maximum Gasteiger partial charge on any atom is 0.239 e. The van der Waals surface area contributed by atoms with E-state index in [0.29, 0.717) is 18.8 Å². The summed E-state index contributed by atoms with van der Waals surface area (Å²) in [5.74, 6) is -0.0818. The lowest BCUT2D eigenvalue weighted by Crippen LogP contribution is -2.33. The molecular weight excluding hydrogens is 266 g/mol. The van der Waals surface area contributed by atoms with E-state index in [1.54, 1.807) is 12.1 Å². The van der Waals surface area contributed by atoms with Gasteiger partial charge in [-0.15, -0.1) is 0 Å². The zero-order valence-electron chi connectivity index (χ0n) is 10.7. The van der Waals surface area contributed by atoms with Crippen LogP contribution in [0.2, 0.25) is 0 Å². The summed E-state index contributed by atoms with van der Waals surface area (Å²) in [5, 5.41) is 2.77. The minimum atomic E-state index is -3.37. The summed E-state index contributed by atoms with van der Waals surface area (Å²) in [6.45, 7) is 1.48. The molecule has 0 aromatic heterocycles. The molecule has 0 unspecified atom stereocenters. The molecule has 1 saturated heterocycles. The molecule has 0 aliphatic carbocycles. The summed E-state index contributed by atoms with van der Waals surface area (Å²) < 4.78 is 23.3. The standard InChI is InChI=1S/C12H17N3O3S/c1-19(17,18)10-5-2-4-9(12(10)13)15-7-3-6-14-11(16)8-15/h2,4-5H,3,6-8,13H2,1H3,(H,14,16). The summed E-state index contributed by atoms with van der Waals surface area (Å²) in [7, 11) is -3.37. The van der Waals surface area contributed by atoms with Crippen molar-refractivity contribution in [2.24, 2.45) is 0 Å². The number of carbonyl (C=O) groups is 1. The lowest BCUT2D eigenvalue weighted by molar-refractivity contribution is -0.119. The van der Waals surface area contributed by atoms with Crippen molar-refractivity contribution in [3.8, 4) is 0 Å². The zero-order chi connectivity index (χ0) is 14.0. The van der Waals surface area contributed by atoms with Crippen molar-refractivity contribution in [3.05, 3.63) is 18.2 Å². The Kier molecular flexibility index (Phi) is 3.66. The molecule has 0 bridgehead atoms. The Morgan fingerprint density at radius 3 is 2.79 bits per heavy atom. The van der Waals surface area contributed by atoms with Crippen molar-refractivity contribution in [2.45, 2.75) is 11.3 Å². The van der Waals surface area contributed by atoms with E-state index in [-0.39, 0.29) is 23.0 Å². The van der Waals surface area contributed by atoms with E-state index in [1.165, 1.54) is 6.07 Å². The molecular formula is C12H17N3O3S. The van der Waals surface area contributed by atoms with Gasteiger partial charge in [0.05, 0.1) is 22.8 Å². The fourth-order valence-electron chi connectivity index (χ4n) is 2.14. The number of rotatable bonds is 2. The van der Waals surface area contributed by atoms with Crippen LogP contribution in [0, 0.1) is 0 Å². The molecule has 1 amide bonds. The molecule has 7 heteroatoms. The molecule has 0 atom stereocenters. The fourth-order valence-corrected chi connectivity index (χ4v) is 2.97. The minimum absolute atomic E-state index is 0.0818. The van der Waals surface area contributed by atoms with Crippen molar-refractivity contribution in [2.75, 3.05) is 36.5 Å². The Labute approximate surface area is 112 Å². The smallest absolute Gasteiger partial charge is 0.239 e. The van der Waals surface area contributed by atoms with Gasteiger partial charge in [0, 0.05) is 19.3 Å². The van der Waals surface area contributed by atoms with Crippen LogP contribution in [0.4, 0.5) is 11.4 Å². The number of anilines is 2. The van der Waals surface area contributed by atoms with E-state index < -0.39 is 9.84 Å². The first-order valence-electron chi connectivity index (χ1n) is 6.00. The van der Waals surface area contributed by atoms with E-state index in [0.717, 1.165) is 12.7 Å². The quantitative estimate of drug-likeness (QED) is 0.745. The number of benzene rings is 1. The van der Waals surface area contributed by atoms with Crippen LogP contribution in [0.15, 0.2) is 23.1 Å². The van der Waals surface area contributed by atoms with Crippen LogP contribution < -0.4 is 16.0 Å². The number of nitrogens with one attached hydrogen (secondary N) is 1. The normalized spacial score (nSPS) is 16.9. The van der Waals surface area contributed by atoms with Gasteiger partial charge in [-0.1, -0.05) is 6.07 Å². The molecule has 1 fully saturated rings. The van der Waals surface area contributed by atoms with E-state index >= 15 is 0 Å². The number of para-hydroxylation sites is 1. The third kappa shape index (κ3) is 2.98. The molecule has 1 heterocycles. The monoisotopic (exact) mass is 283 g/mol. The molecule has 1 aliphatic rings. The van der Waals surface area contributed by atoms with Gasteiger partial charge in [-0.2, -0.15) is 0 Å². The predicted molar refractivity (Wildman–Crippen MR) is 73.8 cm³/mol. The largest absolute Gasteiger partial charge is 0.396 e. The number of carbonyl (C=O) groups excluding carboxylic acids is 1. The van der Waals surface area contributed by atoms with Crippen LogP contribution in [0.1, 0.15) is 6.42 Å². The summed E-state index contributed by atoms with van der Waals surface area (Å²) >= 11 is 0. The summed E-state index contributed by atoms with van der Waals surface area (Å²) in [4.78, 5) is 13.5. The molecule has 0 spiro atoms. The Morgan fingerprint density at radius 1 is 1.37 bits per heavy atom. The average Bonchev–Trinajstić information content (AvgIpc) is 2.52. The van der Waals surface area contributed by atoms with Crippen molar-refractivity contribution < 1.29 is 13.2 Å². The Bertz CT molecular complexity index is 598. The second kappa shape index (κ2) is 5.08. The predicted octanol–water partition coefficient (Wildman–Crippen LogP) is -0.00140. The zero-order valence-corrected chi connectivity index (χ0v) is 11.5. The third-order valence-electron chi connectivity index (χ3n) is 3.04. The molecule has 104 valence electrons. The topological polar surface area (TPSA) is 92.5 Å². The first-order chi connectivity index (χ1) is 8.89. The maximum atomic E-state index is 11.6. The van der Waals surface area contributed by atoms with Crippen LogP contribution >= 0.6 is 0 Å². The number of nitrogens with zero attached hydrogens (tertiary/aromatic N) is 1. The van der Waals surface area contributed by atoms with Gasteiger partial charge in [0.2, 0.25) is 5.91 Å². The second-order valence-corrected chi connectivity index (χ2v) is 6.57. The van der Waals surface area contributed by atoms with Crippen LogP contribution in [-0.4, -0.2) is 40.2 Å². The highest BCUT2D eigenvalue weighted by Crippen LogP contribution is 2.30. The van der Waals surface area contributed by atoms with E-state index in [2.05, 4.69) is 5.32 Å². The first kappa shape index (κ1) is 13.7. The lowest BCUT2D eigenvalue weighted by Gasteiger charge is -2.23. The van der Waals surface area contributed by atoms with Gasteiger partial charge in [0.1, 0.15) is 0 Å². The minimum Gasteiger partial charge on any atom is -0.396 e. The fraction of sp³-hybridized carbons (Fsp3) is 0.417. The van der Waals surface area contributed by atoms with Crippen molar-refractivity contribution in [1.29, 1.82) is 0 Å². The second-order valence-electron chi connectivity index (χ2n) is 4.59. The van der Waals surface area contributed by atoms with Crippen molar-refractivity contribution in [1.82, 2.24) is 5.32 Å². The number of sulfone groups is 1. The molecule has 6 nitrogen and oxygen atoms in total. The SMILES string of the molecule is CS(=O)(=O)c1cccc(N2CCCNC(=O)C2)c1N. The molecule has 3 N–H and O–H groups in total. The molecule has 19 heavy (non-hydrogen) atoms. The highest BCUT2D eigenvalue weighted by atomic mass is 32.2. The lowest BCUT2D eigenvalue weighted by atomic mass is 10.2. The van der Waals surface area contributed by atoms with Gasteiger partial charge in [0.25, 0.3) is 0 Å². The Balaban J connectivity index is 2.42. The van der Waals surface area contributed by atoms with E-state index in [1.807, 2.05) is 4.90 Å². The Morgan fingerprint density at radius 2 is 2.11 bits per heavy atom. The maximum absolute atomic E-state index is 11.6.